The molecule has 2 heterocycles. The maximum Gasteiger partial charge on any atom is 0.312 e. The third kappa shape index (κ3) is 2.24. The van der Waals surface area contributed by atoms with Gasteiger partial charge in [0.1, 0.15) is 11.7 Å². The Kier molecular flexibility index (Phi) is 3.13. The van der Waals surface area contributed by atoms with Crippen molar-refractivity contribution in [3.05, 3.63) is 59.7 Å². The first-order chi connectivity index (χ1) is 10.1. The molecular formula is C15H11FN2O3. The lowest BCUT2D eigenvalue weighted by Crippen LogP contribution is -2.31. The summed E-state index contributed by atoms with van der Waals surface area (Å²) in [5.74, 6) is -2.83. The van der Waals surface area contributed by atoms with Crippen molar-refractivity contribution in [1.82, 2.24) is 4.98 Å². The van der Waals surface area contributed by atoms with Crippen molar-refractivity contribution in [2.75, 3.05) is 11.4 Å². The summed E-state index contributed by atoms with van der Waals surface area (Å²) in [6, 6.07) is 7.92. The van der Waals surface area contributed by atoms with Crippen LogP contribution in [0.25, 0.3) is 0 Å². The Bertz CT molecular complexity index is 732. The summed E-state index contributed by atoms with van der Waals surface area (Å²) in [5, 5.41) is 9.26. The molecule has 0 bridgehead atoms. The number of benzene rings is 1. The number of aliphatic carboxylic acids is 1. The van der Waals surface area contributed by atoms with Gasteiger partial charge in [-0.05, 0) is 17.7 Å². The van der Waals surface area contributed by atoms with Gasteiger partial charge < -0.3 is 10.0 Å². The van der Waals surface area contributed by atoms with Crippen molar-refractivity contribution in [1.29, 1.82) is 0 Å². The average molecular weight is 286 g/mol. The topological polar surface area (TPSA) is 70.5 Å². The molecule has 1 unspecified atom stereocenters. The number of anilines is 1. The molecule has 3 rings (SSSR count). The highest BCUT2D eigenvalue weighted by atomic mass is 19.1. The molecule has 5 nitrogen and oxygen atoms in total. The smallest absolute Gasteiger partial charge is 0.312 e. The summed E-state index contributed by atoms with van der Waals surface area (Å²) in [6.07, 6.45) is 2.27. The van der Waals surface area contributed by atoms with Crippen LogP contribution in [0.3, 0.4) is 0 Å². The van der Waals surface area contributed by atoms with Crippen molar-refractivity contribution in [3.63, 3.8) is 0 Å². The lowest BCUT2D eigenvalue weighted by Gasteiger charge is -2.17. The predicted molar refractivity (Wildman–Crippen MR) is 72.7 cm³/mol. The van der Waals surface area contributed by atoms with Crippen LogP contribution >= 0.6 is 0 Å². The molecule has 1 aliphatic rings. The van der Waals surface area contributed by atoms with Gasteiger partial charge in [-0.2, -0.15) is 0 Å². The Morgan fingerprint density at radius 2 is 2.05 bits per heavy atom. The monoisotopic (exact) mass is 286 g/mol. The number of hydrogen-bond acceptors (Lipinski definition) is 3. The molecule has 0 spiro atoms. The van der Waals surface area contributed by atoms with Crippen LogP contribution < -0.4 is 4.90 Å². The zero-order valence-corrected chi connectivity index (χ0v) is 10.9. The van der Waals surface area contributed by atoms with Gasteiger partial charge in [-0.3, -0.25) is 14.6 Å². The fourth-order valence-corrected chi connectivity index (χ4v) is 2.50. The molecule has 106 valence electrons. The van der Waals surface area contributed by atoms with Crippen LogP contribution in [0.2, 0.25) is 0 Å². The number of carbonyl (C=O) groups is 2. The molecule has 1 aliphatic heterocycles. The summed E-state index contributed by atoms with van der Waals surface area (Å²) in [6.45, 7) is 0.0318. The van der Waals surface area contributed by atoms with Gasteiger partial charge >= 0.3 is 5.97 Å². The molecule has 1 atom stereocenters. The summed E-state index contributed by atoms with van der Waals surface area (Å²) < 4.78 is 13.2. The number of pyridine rings is 1. The number of aromatic nitrogens is 1. The van der Waals surface area contributed by atoms with E-state index >= 15 is 0 Å². The van der Waals surface area contributed by atoms with Gasteiger partial charge in [0.25, 0.3) is 5.91 Å². The normalized spacial score (nSPS) is 16.6. The van der Waals surface area contributed by atoms with Gasteiger partial charge in [-0.25, -0.2) is 4.39 Å². The first-order valence-electron chi connectivity index (χ1n) is 6.32. The fraction of sp³-hybridized carbons (Fsp3) is 0.133. The van der Waals surface area contributed by atoms with Crippen molar-refractivity contribution in [3.8, 4) is 0 Å². The van der Waals surface area contributed by atoms with Gasteiger partial charge in [0.2, 0.25) is 0 Å². The zero-order chi connectivity index (χ0) is 15.0. The van der Waals surface area contributed by atoms with Gasteiger partial charge in [-0.15, -0.1) is 0 Å². The van der Waals surface area contributed by atoms with Crippen LogP contribution in [0.15, 0.2) is 42.7 Å². The summed E-state index contributed by atoms with van der Waals surface area (Å²) >= 11 is 0. The molecule has 0 aliphatic carbocycles. The van der Waals surface area contributed by atoms with Crippen LogP contribution in [0.5, 0.6) is 0 Å². The quantitative estimate of drug-likeness (QED) is 0.917. The minimum absolute atomic E-state index is 0.0318. The van der Waals surface area contributed by atoms with Crippen LogP contribution in [0.1, 0.15) is 21.8 Å². The molecule has 1 aromatic heterocycles. The van der Waals surface area contributed by atoms with E-state index in [2.05, 4.69) is 4.98 Å². The third-order valence-electron chi connectivity index (χ3n) is 3.46. The van der Waals surface area contributed by atoms with Crippen molar-refractivity contribution < 1.29 is 19.1 Å². The van der Waals surface area contributed by atoms with Crippen molar-refractivity contribution >= 4 is 17.6 Å². The molecule has 21 heavy (non-hydrogen) atoms. The van der Waals surface area contributed by atoms with Crippen LogP contribution in [-0.2, 0) is 4.79 Å². The van der Waals surface area contributed by atoms with E-state index in [4.69, 9.17) is 0 Å². The highest BCUT2D eigenvalue weighted by Crippen LogP contribution is 2.36. The van der Waals surface area contributed by atoms with E-state index in [0.717, 1.165) is 12.3 Å². The Labute approximate surface area is 119 Å². The number of nitrogens with zero attached hydrogens (tertiary/aromatic N) is 2. The highest BCUT2D eigenvalue weighted by molar-refractivity contribution is 6.08. The fourth-order valence-electron chi connectivity index (χ4n) is 2.50. The standard InChI is InChI=1S/C15H11FN2O3/c16-10-5-9(6-17-7-10)14(19)18-8-12(15(20)21)11-3-1-2-4-13(11)18/h1-7,12H,8H2,(H,20,21). The number of hydrogen-bond donors (Lipinski definition) is 1. The second-order valence-corrected chi connectivity index (χ2v) is 4.76. The second-order valence-electron chi connectivity index (χ2n) is 4.76. The minimum Gasteiger partial charge on any atom is -0.481 e. The van der Waals surface area contributed by atoms with Gasteiger partial charge in [-0.1, -0.05) is 18.2 Å². The summed E-state index contributed by atoms with van der Waals surface area (Å²) in [5.41, 5.74) is 1.22. The third-order valence-corrected chi connectivity index (χ3v) is 3.46. The Hall–Kier alpha value is -2.76. The van der Waals surface area contributed by atoms with Crippen LogP contribution in [-0.4, -0.2) is 28.5 Å². The van der Waals surface area contributed by atoms with Crippen molar-refractivity contribution in [2.45, 2.75) is 5.92 Å². The molecule has 1 aromatic carbocycles. The van der Waals surface area contributed by atoms with E-state index < -0.39 is 23.6 Å². The minimum atomic E-state index is -0.991. The zero-order valence-electron chi connectivity index (χ0n) is 10.9. The maximum absolute atomic E-state index is 13.2. The summed E-state index contributed by atoms with van der Waals surface area (Å²) in [4.78, 5) is 28.8. The SMILES string of the molecule is O=C(O)C1CN(C(=O)c2cncc(F)c2)c2ccccc21. The molecule has 0 radical (unpaired) electrons. The van der Waals surface area contributed by atoms with Gasteiger partial charge in [0, 0.05) is 18.4 Å². The van der Waals surface area contributed by atoms with Crippen LogP contribution in [0.4, 0.5) is 10.1 Å². The van der Waals surface area contributed by atoms with Gasteiger partial charge in [0.15, 0.2) is 0 Å². The lowest BCUT2D eigenvalue weighted by molar-refractivity contribution is -0.138. The van der Waals surface area contributed by atoms with E-state index in [0.29, 0.717) is 11.3 Å². The number of carbonyl (C=O) groups excluding carboxylic acids is 1. The van der Waals surface area contributed by atoms with E-state index in [1.807, 2.05) is 0 Å². The number of rotatable bonds is 2. The first kappa shape index (κ1) is 13.2. The van der Waals surface area contributed by atoms with E-state index in [1.54, 1.807) is 24.3 Å². The Morgan fingerprint density at radius 3 is 2.76 bits per heavy atom. The molecule has 2 aromatic rings. The number of carboxylic acids is 1. The molecule has 1 N–H and O–H groups in total. The Morgan fingerprint density at radius 1 is 1.29 bits per heavy atom. The number of fused-ring (bicyclic) bond motifs is 1. The maximum atomic E-state index is 13.2. The Balaban J connectivity index is 2.01. The largest absolute Gasteiger partial charge is 0.481 e. The number of halogens is 1. The molecule has 6 heteroatoms. The number of amides is 1. The van der Waals surface area contributed by atoms with Gasteiger partial charge in [0.05, 0.1) is 11.8 Å². The molecule has 1 amide bonds. The molecule has 0 saturated carbocycles. The van der Waals surface area contributed by atoms with E-state index in [-0.39, 0.29) is 12.1 Å². The molecular weight excluding hydrogens is 275 g/mol. The highest BCUT2D eigenvalue weighted by Gasteiger charge is 2.36. The lowest BCUT2D eigenvalue weighted by atomic mass is 10.0. The molecule has 0 fully saturated rings. The number of para-hydroxylation sites is 1. The summed E-state index contributed by atoms with van der Waals surface area (Å²) in [7, 11) is 0. The second kappa shape index (κ2) is 4.97. The molecule has 0 saturated heterocycles. The van der Waals surface area contributed by atoms with Crippen LogP contribution in [0, 0.1) is 5.82 Å². The first-order valence-corrected chi connectivity index (χ1v) is 6.32. The van der Waals surface area contributed by atoms with E-state index in [1.165, 1.54) is 11.1 Å². The predicted octanol–water partition coefficient (Wildman–Crippen LogP) is 2.05. The average Bonchev–Trinajstić information content (AvgIpc) is 2.86. The van der Waals surface area contributed by atoms with E-state index in [9.17, 15) is 19.1 Å². The van der Waals surface area contributed by atoms with Crippen molar-refractivity contribution in [2.24, 2.45) is 0 Å². The number of carboxylic acid groups (broad SMARTS) is 1.